The third kappa shape index (κ3) is 5.24. The van der Waals surface area contributed by atoms with Gasteiger partial charge in [0, 0.05) is 11.6 Å². The number of piperidine rings is 1. The number of nitrogens with one attached hydrogen (secondary N) is 1. The number of benzene rings is 2. The lowest BCUT2D eigenvalue weighted by atomic mass is 9.89. The van der Waals surface area contributed by atoms with E-state index in [4.69, 9.17) is 4.74 Å². The van der Waals surface area contributed by atoms with Crippen LogP contribution in [0.25, 0.3) is 0 Å². The van der Waals surface area contributed by atoms with Crippen LogP contribution in [-0.4, -0.2) is 49.6 Å². The molecule has 1 amide bonds. The summed E-state index contributed by atoms with van der Waals surface area (Å²) in [5.74, 6) is 0.0150. The van der Waals surface area contributed by atoms with Crippen LogP contribution < -0.4 is 5.32 Å². The Labute approximate surface area is 173 Å². The number of nitrogens with zero attached hydrogens (tertiary/aromatic N) is 1. The number of carbonyl (C=O) groups is 2. The fourth-order valence-corrected chi connectivity index (χ4v) is 4.50. The molecular formula is C24H31N2O3+. The number of ether oxygens (including phenoxy) is 1. The molecular weight excluding hydrogens is 364 g/mol. The Morgan fingerprint density at radius 3 is 2.38 bits per heavy atom. The van der Waals surface area contributed by atoms with Gasteiger partial charge in [-0.1, -0.05) is 48.5 Å². The van der Waals surface area contributed by atoms with E-state index in [1.165, 1.54) is 12.7 Å². The van der Waals surface area contributed by atoms with E-state index in [0.717, 1.165) is 42.7 Å². The molecule has 5 nitrogen and oxygen atoms in total. The quantitative estimate of drug-likeness (QED) is 0.598. The van der Waals surface area contributed by atoms with E-state index in [1.807, 2.05) is 50.2 Å². The molecule has 1 saturated heterocycles. The van der Waals surface area contributed by atoms with Crippen LogP contribution in [0.15, 0.2) is 48.5 Å². The number of anilines is 1. The molecule has 1 aliphatic heterocycles. The normalized spacial score (nSPS) is 21.4. The zero-order valence-corrected chi connectivity index (χ0v) is 17.6. The Kier molecular flexibility index (Phi) is 6.70. The van der Waals surface area contributed by atoms with Gasteiger partial charge in [-0.05, 0) is 43.4 Å². The highest BCUT2D eigenvalue weighted by Crippen LogP contribution is 2.31. The molecule has 5 heteroatoms. The van der Waals surface area contributed by atoms with E-state index in [9.17, 15) is 9.59 Å². The van der Waals surface area contributed by atoms with Crippen molar-refractivity contribution >= 4 is 17.6 Å². The van der Waals surface area contributed by atoms with Crippen molar-refractivity contribution in [3.05, 3.63) is 65.2 Å². The minimum absolute atomic E-state index is 0.0555. The van der Waals surface area contributed by atoms with Crippen molar-refractivity contribution in [3.8, 4) is 0 Å². The highest BCUT2D eigenvalue weighted by molar-refractivity contribution is 5.93. The predicted molar refractivity (Wildman–Crippen MR) is 115 cm³/mol. The number of hydrogen-bond acceptors (Lipinski definition) is 3. The van der Waals surface area contributed by atoms with Crippen molar-refractivity contribution in [2.75, 3.05) is 38.6 Å². The van der Waals surface area contributed by atoms with Gasteiger partial charge in [-0.15, -0.1) is 0 Å². The van der Waals surface area contributed by atoms with E-state index in [1.54, 1.807) is 0 Å². The second kappa shape index (κ2) is 9.23. The van der Waals surface area contributed by atoms with Gasteiger partial charge in [0.1, 0.15) is 0 Å². The Morgan fingerprint density at radius 1 is 1.03 bits per heavy atom. The molecule has 0 aliphatic carbocycles. The third-order valence-corrected chi connectivity index (χ3v) is 5.98. The number of esters is 1. The van der Waals surface area contributed by atoms with Gasteiger partial charge >= 0.3 is 5.97 Å². The molecule has 1 aliphatic rings. The van der Waals surface area contributed by atoms with Crippen molar-refractivity contribution in [2.45, 2.75) is 32.6 Å². The number of rotatable bonds is 6. The largest absolute Gasteiger partial charge is 0.465 e. The minimum Gasteiger partial charge on any atom is -0.465 e. The topological polar surface area (TPSA) is 55.4 Å². The highest BCUT2D eigenvalue weighted by Gasteiger charge is 2.39. The molecule has 29 heavy (non-hydrogen) atoms. The summed E-state index contributed by atoms with van der Waals surface area (Å²) in [5, 5.41) is 3.09. The maximum atomic E-state index is 13.0. The van der Waals surface area contributed by atoms with Gasteiger partial charge in [-0.2, -0.15) is 0 Å². The second-order valence-corrected chi connectivity index (χ2v) is 8.21. The van der Waals surface area contributed by atoms with Crippen molar-refractivity contribution in [3.63, 3.8) is 0 Å². The fourth-order valence-electron chi connectivity index (χ4n) is 4.50. The number of likely N-dealkylation sites (tertiary alicyclic amines) is 1. The lowest BCUT2D eigenvalue weighted by Crippen LogP contribution is -2.59. The summed E-state index contributed by atoms with van der Waals surface area (Å²) in [7, 11) is 1.41. The summed E-state index contributed by atoms with van der Waals surface area (Å²) in [6.07, 6.45) is 2.05. The zero-order chi connectivity index (χ0) is 20.9. The molecule has 0 spiro atoms. The van der Waals surface area contributed by atoms with Gasteiger partial charge in [-0.25, -0.2) is 4.79 Å². The van der Waals surface area contributed by atoms with Gasteiger partial charge in [-0.3, -0.25) is 4.79 Å². The first kappa shape index (κ1) is 21.1. The van der Waals surface area contributed by atoms with E-state index in [-0.39, 0.29) is 25.0 Å². The highest BCUT2D eigenvalue weighted by atomic mass is 16.5. The Morgan fingerprint density at radius 2 is 1.72 bits per heavy atom. The Balaban J connectivity index is 1.80. The molecule has 2 atom stereocenters. The summed E-state index contributed by atoms with van der Waals surface area (Å²) in [6, 6.07) is 16.4. The van der Waals surface area contributed by atoms with Crippen LogP contribution in [0.1, 0.15) is 35.4 Å². The van der Waals surface area contributed by atoms with Crippen molar-refractivity contribution in [1.82, 2.24) is 0 Å². The molecule has 3 rings (SSSR count). The van der Waals surface area contributed by atoms with Crippen LogP contribution in [0.5, 0.6) is 0 Å². The summed E-state index contributed by atoms with van der Waals surface area (Å²) in [6.45, 7) is 6.05. The molecule has 0 saturated carbocycles. The first-order chi connectivity index (χ1) is 13.9. The lowest BCUT2D eigenvalue weighted by Gasteiger charge is -2.43. The molecule has 1 N–H and O–H groups in total. The molecule has 2 aromatic rings. The summed E-state index contributed by atoms with van der Waals surface area (Å²) in [5.41, 5.74) is 4.22. The summed E-state index contributed by atoms with van der Waals surface area (Å²) < 4.78 is 5.40. The van der Waals surface area contributed by atoms with Crippen LogP contribution in [0.3, 0.4) is 0 Å². The van der Waals surface area contributed by atoms with E-state index < -0.39 is 0 Å². The van der Waals surface area contributed by atoms with Crippen LogP contribution in [0.4, 0.5) is 5.69 Å². The molecule has 2 unspecified atom stereocenters. The average molecular weight is 396 g/mol. The number of aryl methyl sites for hydroxylation is 2. The number of carbonyl (C=O) groups excluding carboxylic acids is 2. The van der Waals surface area contributed by atoms with Gasteiger partial charge in [0.05, 0.1) is 20.2 Å². The van der Waals surface area contributed by atoms with Crippen molar-refractivity contribution in [2.24, 2.45) is 0 Å². The van der Waals surface area contributed by atoms with E-state index in [0.29, 0.717) is 10.4 Å². The van der Waals surface area contributed by atoms with E-state index >= 15 is 0 Å². The smallest absolute Gasteiger partial charge is 0.361 e. The number of quaternary nitrogens is 1. The number of amides is 1. The van der Waals surface area contributed by atoms with Crippen LogP contribution in [0, 0.1) is 13.8 Å². The monoisotopic (exact) mass is 395 g/mol. The molecule has 0 radical (unpaired) electrons. The maximum absolute atomic E-state index is 13.0. The molecule has 154 valence electrons. The third-order valence-electron chi connectivity index (χ3n) is 5.98. The molecule has 1 heterocycles. The molecule has 0 bridgehead atoms. The molecule has 0 aromatic heterocycles. The van der Waals surface area contributed by atoms with Gasteiger partial charge in [0.25, 0.3) is 5.91 Å². The number of methoxy groups -OCH3 is 1. The van der Waals surface area contributed by atoms with Crippen molar-refractivity contribution in [1.29, 1.82) is 0 Å². The maximum Gasteiger partial charge on any atom is 0.361 e. The molecule has 1 fully saturated rings. The minimum atomic E-state index is -0.265. The summed E-state index contributed by atoms with van der Waals surface area (Å²) in [4.78, 5) is 25.2. The van der Waals surface area contributed by atoms with Gasteiger partial charge in [0.2, 0.25) is 0 Å². The van der Waals surface area contributed by atoms with E-state index in [2.05, 4.69) is 17.4 Å². The average Bonchev–Trinajstić information content (AvgIpc) is 2.71. The Bertz CT molecular complexity index is 845. The number of hydrogen-bond donors (Lipinski definition) is 1. The SMILES string of the molecule is COC(=O)C[N+]1(CC(=O)Nc2c(C)cccc2C)CCCC(c2ccccc2)C1. The van der Waals surface area contributed by atoms with Crippen LogP contribution >= 0.6 is 0 Å². The first-order valence-corrected chi connectivity index (χ1v) is 10.3. The fraction of sp³-hybridized carbons (Fsp3) is 0.417. The van der Waals surface area contributed by atoms with Gasteiger partial charge < -0.3 is 14.5 Å². The van der Waals surface area contributed by atoms with Crippen molar-refractivity contribution < 1.29 is 18.8 Å². The van der Waals surface area contributed by atoms with Crippen LogP contribution in [-0.2, 0) is 14.3 Å². The standard InChI is InChI=1S/C24H30N2O3/c1-18-9-7-10-19(2)24(18)25-22(27)16-26(17-23(28)29-3)14-8-13-21(15-26)20-11-5-4-6-12-20/h4-7,9-12,21H,8,13-17H2,1-3H3/p+1. The first-order valence-electron chi connectivity index (χ1n) is 10.3. The van der Waals surface area contributed by atoms with Crippen LogP contribution in [0.2, 0.25) is 0 Å². The second-order valence-electron chi connectivity index (χ2n) is 8.21. The zero-order valence-electron chi connectivity index (χ0n) is 17.6. The summed E-state index contributed by atoms with van der Waals surface area (Å²) >= 11 is 0. The number of para-hydroxylation sites is 1. The Hall–Kier alpha value is -2.66. The lowest BCUT2D eigenvalue weighted by molar-refractivity contribution is -0.919. The van der Waals surface area contributed by atoms with Gasteiger partial charge in [0.15, 0.2) is 13.1 Å². The predicted octanol–water partition coefficient (Wildman–Crippen LogP) is 3.81. The molecule has 2 aromatic carbocycles.